The fraction of sp³-hybridized carbons (Fsp3) is 0.375. The Balaban J connectivity index is 1.82. The lowest BCUT2D eigenvalue weighted by atomic mass is 9.86. The Kier molecular flexibility index (Phi) is 5.75. The molecule has 8 heteroatoms. The molecule has 2 aromatic rings. The third-order valence-electron chi connectivity index (χ3n) is 5.81. The molecule has 1 saturated heterocycles. The number of allylic oxidation sites excluding steroid dienone is 1. The average Bonchev–Trinajstić information content (AvgIpc) is 2.75. The van der Waals surface area contributed by atoms with Crippen LogP contribution in [0.25, 0.3) is 0 Å². The molecule has 1 heterocycles. The van der Waals surface area contributed by atoms with Gasteiger partial charge >= 0.3 is 0 Å². The van der Waals surface area contributed by atoms with Gasteiger partial charge in [-0.05, 0) is 29.2 Å². The van der Waals surface area contributed by atoms with E-state index in [4.69, 9.17) is 4.74 Å². The maximum absolute atomic E-state index is 13.2. The smallest absolute Gasteiger partial charge is 0.282 e. The molecule has 1 aliphatic heterocycles. The Hall–Kier alpha value is -2.52. The molecule has 0 spiro atoms. The number of fused-ring (bicyclic) bond motifs is 3. The van der Waals surface area contributed by atoms with Gasteiger partial charge < -0.3 is 19.8 Å². The van der Waals surface area contributed by atoms with Crippen molar-refractivity contribution in [1.82, 2.24) is 4.90 Å². The van der Waals surface area contributed by atoms with E-state index in [1.165, 1.54) is 6.08 Å². The summed E-state index contributed by atoms with van der Waals surface area (Å²) in [4.78, 5) is 1.89. The van der Waals surface area contributed by atoms with E-state index in [1.54, 1.807) is 53.4 Å². The van der Waals surface area contributed by atoms with Crippen LogP contribution >= 0.6 is 0 Å². The van der Waals surface area contributed by atoms with Crippen LogP contribution in [-0.4, -0.2) is 55.5 Å². The van der Waals surface area contributed by atoms with Crippen molar-refractivity contribution in [2.75, 3.05) is 26.3 Å². The van der Waals surface area contributed by atoms with Crippen LogP contribution in [0.1, 0.15) is 37.5 Å². The number of morpholine rings is 1. The molecule has 7 nitrogen and oxygen atoms in total. The summed E-state index contributed by atoms with van der Waals surface area (Å²) >= 11 is 0. The number of aliphatic hydroxyl groups excluding tert-OH is 1. The first-order valence-electron chi connectivity index (χ1n) is 10.6. The molecule has 2 N–H and O–H groups in total. The van der Waals surface area contributed by atoms with Crippen LogP contribution in [0.3, 0.4) is 0 Å². The van der Waals surface area contributed by atoms with Crippen LogP contribution in [0.4, 0.5) is 0 Å². The summed E-state index contributed by atoms with van der Waals surface area (Å²) in [6, 6.07) is 13.7. The molecule has 0 aromatic heterocycles. The minimum atomic E-state index is -4.00. The first kappa shape index (κ1) is 22.7. The number of nitrogens with zero attached hydrogens (tertiary/aromatic N) is 2. The Morgan fingerprint density at radius 2 is 1.81 bits per heavy atom. The summed E-state index contributed by atoms with van der Waals surface area (Å²) in [5.74, 6) is -1.72. The molecule has 0 bridgehead atoms. The van der Waals surface area contributed by atoms with Gasteiger partial charge in [0.25, 0.3) is 10.0 Å². The fourth-order valence-electron chi connectivity index (χ4n) is 4.06. The van der Waals surface area contributed by atoms with E-state index < -0.39 is 15.8 Å². The quantitative estimate of drug-likeness (QED) is 0.734. The topological polar surface area (TPSA) is 99.4 Å². The molecular formula is C24H28N2O5S. The molecule has 1 unspecified atom stereocenters. The number of benzene rings is 2. The number of sulfonamides is 1. The molecule has 4 rings (SSSR count). The molecule has 2 aliphatic rings. The Labute approximate surface area is 188 Å². The highest BCUT2D eigenvalue weighted by Gasteiger charge is 2.46. The highest BCUT2D eigenvalue weighted by molar-refractivity contribution is 7.90. The van der Waals surface area contributed by atoms with Gasteiger partial charge in [0.2, 0.25) is 5.79 Å². The van der Waals surface area contributed by atoms with Crippen molar-refractivity contribution in [1.29, 1.82) is 0 Å². The number of hydrogen-bond donors (Lipinski definition) is 2. The number of hydrogen-bond acceptors (Lipinski definition) is 6. The van der Waals surface area contributed by atoms with E-state index >= 15 is 0 Å². The van der Waals surface area contributed by atoms with Gasteiger partial charge in [0.05, 0.1) is 29.5 Å². The summed E-state index contributed by atoms with van der Waals surface area (Å²) in [6.45, 7) is 7.10. The van der Waals surface area contributed by atoms with Crippen molar-refractivity contribution >= 4 is 15.7 Å². The summed E-state index contributed by atoms with van der Waals surface area (Å²) in [5, 5.41) is 20.8. The number of ether oxygens (including phenoxy) is 1. The van der Waals surface area contributed by atoms with Gasteiger partial charge in [-0.1, -0.05) is 57.2 Å². The predicted octanol–water partition coefficient (Wildman–Crippen LogP) is 2.53. The van der Waals surface area contributed by atoms with E-state index in [9.17, 15) is 18.6 Å². The van der Waals surface area contributed by atoms with Gasteiger partial charge in [-0.15, -0.1) is 0 Å². The van der Waals surface area contributed by atoms with E-state index in [0.717, 1.165) is 5.56 Å². The van der Waals surface area contributed by atoms with Crippen LogP contribution in [0.5, 0.6) is 0 Å². The van der Waals surface area contributed by atoms with Gasteiger partial charge in [0.15, 0.2) is 0 Å². The van der Waals surface area contributed by atoms with Crippen molar-refractivity contribution < 1.29 is 23.4 Å². The lowest BCUT2D eigenvalue weighted by Crippen LogP contribution is -2.50. The Morgan fingerprint density at radius 3 is 2.47 bits per heavy atom. The van der Waals surface area contributed by atoms with Crippen molar-refractivity contribution in [2.24, 2.45) is 4.40 Å². The fourth-order valence-corrected chi connectivity index (χ4v) is 5.06. The van der Waals surface area contributed by atoms with Gasteiger partial charge in [0.1, 0.15) is 0 Å². The van der Waals surface area contributed by atoms with Crippen LogP contribution in [0.2, 0.25) is 0 Å². The van der Waals surface area contributed by atoms with Gasteiger partial charge in [-0.2, -0.15) is 12.8 Å². The normalized spacial score (nSPS) is 22.3. The number of β-amino-alcohol motifs (C(OH)–C–C–N with tert-alkyl or cyclic N) is 1. The molecule has 1 atom stereocenters. The van der Waals surface area contributed by atoms with Crippen LogP contribution in [0, 0.1) is 0 Å². The van der Waals surface area contributed by atoms with Crippen molar-refractivity contribution in [3.8, 4) is 0 Å². The molecule has 1 fully saturated rings. The van der Waals surface area contributed by atoms with Gasteiger partial charge in [-0.25, -0.2) is 0 Å². The standard InChI is InChI=1S/C24H28N2O5S/c1-23(2,3)17-8-10-18(11-9-17)32(29,30)25-21-16-22-24(28,20-7-5-4-6-19(20)21)31-15-13-26(22)12-14-27/h4-11,16,27-28H,12-15H2,1-3H3/b25-21+. The zero-order valence-electron chi connectivity index (χ0n) is 18.4. The van der Waals surface area contributed by atoms with E-state index in [1.807, 2.05) is 0 Å². The number of rotatable bonds is 4. The molecule has 0 radical (unpaired) electrons. The van der Waals surface area contributed by atoms with Crippen LogP contribution < -0.4 is 0 Å². The first-order chi connectivity index (χ1) is 15.1. The Bertz CT molecular complexity index is 1180. The van der Waals surface area contributed by atoms with Crippen LogP contribution in [-0.2, 0) is 26.0 Å². The van der Waals surface area contributed by atoms with Crippen molar-refractivity contribution in [3.05, 3.63) is 77.0 Å². The molecule has 0 saturated carbocycles. The molecule has 0 amide bonds. The average molecular weight is 457 g/mol. The highest BCUT2D eigenvalue weighted by atomic mass is 32.2. The SMILES string of the molecule is CC(C)(C)c1ccc(S(=O)(=O)/N=C2\C=C3N(CCO)CCOC3(O)c3ccccc32)cc1. The minimum Gasteiger partial charge on any atom is -0.395 e. The lowest BCUT2D eigenvalue weighted by molar-refractivity contribution is -0.219. The van der Waals surface area contributed by atoms with Crippen molar-refractivity contribution in [3.63, 3.8) is 0 Å². The van der Waals surface area contributed by atoms with Crippen LogP contribution in [0.15, 0.2) is 69.6 Å². The molecule has 2 aromatic carbocycles. The third kappa shape index (κ3) is 3.99. The summed E-state index contributed by atoms with van der Waals surface area (Å²) < 4.78 is 36.2. The lowest BCUT2D eigenvalue weighted by Gasteiger charge is -2.45. The predicted molar refractivity (Wildman–Crippen MR) is 122 cm³/mol. The molecule has 32 heavy (non-hydrogen) atoms. The molecular weight excluding hydrogens is 428 g/mol. The van der Waals surface area contributed by atoms with Gasteiger partial charge in [0, 0.05) is 24.2 Å². The maximum Gasteiger partial charge on any atom is 0.282 e. The van der Waals surface area contributed by atoms with Gasteiger partial charge in [-0.3, -0.25) is 0 Å². The monoisotopic (exact) mass is 456 g/mol. The molecule has 170 valence electrons. The second-order valence-corrected chi connectivity index (χ2v) is 10.6. The summed E-state index contributed by atoms with van der Waals surface area (Å²) in [6.07, 6.45) is 1.54. The minimum absolute atomic E-state index is 0.0947. The van der Waals surface area contributed by atoms with Crippen molar-refractivity contribution in [2.45, 2.75) is 36.9 Å². The molecule has 1 aliphatic carbocycles. The Morgan fingerprint density at radius 1 is 1.12 bits per heavy atom. The third-order valence-corrected chi connectivity index (χ3v) is 7.11. The van der Waals surface area contributed by atoms with E-state index in [2.05, 4.69) is 25.2 Å². The number of aliphatic hydroxyl groups is 2. The van der Waals surface area contributed by atoms with E-state index in [0.29, 0.717) is 23.4 Å². The zero-order chi connectivity index (χ0) is 23.1. The largest absolute Gasteiger partial charge is 0.395 e. The van der Waals surface area contributed by atoms with E-state index in [-0.39, 0.29) is 35.8 Å². The summed E-state index contributed by atoms with van der Waals surface area (Å²) in [7, 11) is -4.00. The second-order valence-electron chi connectivity index (χ2n) is 9.00. The summed E-state index contributed by atoms with van der Waals surface area (Å²) in [5.41, 5.74) is 2.43. The second kappa shape index (κ2) is 8.12. The zero-order valence-corrected chi connectivity index (χ0v) is 19.3. The highest BCUT2D eigenvalue weighted by Crippen LogP contribution is 2.41. The first-order valence-corrected chi connectivity index (χ1v) is 12.0. The maximum atomic E-state index is 13.2.